The van der Waals surface area contributed by atoms with Crippen LogP contribution in [0.5, 0.6) is 0 Å². The number of aromatic nitrogens is 5. The van der Waals surface area contributed by atoms with E-state index < -0.39 is 0 Å². The zero-order valence-electron chi connectivity index (χ0n) is 22.0. The highest BCUT2D eigenvalue weighted by molar-refractivity contribution is 5.88. The van der Waals surface area contributed by atoms with Gasteiger partial charge < -0.3 is 9.47 Å². The van der Waals surface area contributed by atoms with Crippen molar-refractivity contribution in [2.75, 3.05) is 18.0 Å². The molecule has 194 valence electrons. The molecule has 3 atom stereocenters. The molecular weight excluding hydrogens is 471 g/mol. The van der Waals surface area contributed by atoms with Gasteiger partial charge in [0.25, 0.3) is 5.56 Å². The number of fused-ring (bicyclic) bond motifs is 2. The molecule has 0 aliphatic carbocycles. The van der Waals surface area contributed by atoms with Crippen LogP contribution in [0.2, 0.25) is 0 Å². The molecule has 0 N–H and O–H groups in total. The fourth-order valence-corrected chi connectivity index (χ4v) is 5.67. The summed E-state index contributed by atoms with van der Waals surface area (Å²) in [6, 6.07) is 8.22. The zero-order valence-corrected chi connectivity index (χ0v) is 22.0. The van der Waals surface area contributed by atoms with Gasteiger partial charge in [0.05, 0.1) is 29.2 Å². The Balaban J connectivity index is 1.51. The van der Waals surface area contributed by atoms with Gasteiger partial charge in [0, 0.05) is 50.5 Å². The van der Waals surface area contributed by atoms with E-state index in [9.17, 15) is 9.18 Å². The van der Waals surface area contributed by atoms with Crippen LogP contribution in [0.15, 0.2) is 35.4 Å². The van der Waals surface area contributed by atoms with Crippen molar-refractivity contribution in [2.24, 2.45) is 7.05 Å². The highest BCUT2D eigenvalue weighted by atomic mass is 19.1. The first-order valence-electron chi connectivity index (χ1n) is 12.9. The van der Waals surface area contributed by atoms with E-state index >= 15 is 0 Å². The number of nitrogens with zero attached hydrogens (tertiary/aromatic N) is 8. The van der Waals surface area contributed by atoms with Crippen molar-refractivity contribution in [3.05, 3.63) is 58.0 Å². The molecule has 0 spiro atoms. The molecule has 10 heteroatoms. The van der Waals surface area contributed by atoms with Gasteiger partial charge in [-0.25, -0.2) is 8.91 Å². The van der Waals surface area contributed by atoms with E-state index in [0.29, 0.717) is 11.2 Å². The second kappa shape index (κ2) is 9.63. The predicted octanol–water partition coefficient (Wildman–Crippen LogP) is 3.79. The molecule has 0 unspecified atom stereocenters. The van der Waals surface area contributed by atoms with Crippen molar-refractivity contribution in [1.29, 1.82) is 5.26 Å². The SMILES string of the molecule is CC[C@H]1CN([C@@H](C)c2ccn3nc(C)c(F)c3c2)[C@H](CC)CN1c1cc(=O)n(C)c2cn(CC#N)nc12. The quantitative estimate of drug-likeness (QED) is 0.397. The lowest BCUT2D eigenvalue weighted by Gasteiger charge is -2.49. The summed E-state index contributed by atoms with van der Waals surface area (Å²) < 4.78 is 19.4. The number of anilines is 1. The summed E-state index contributed by atoms with van der Waals surface area (Å²) in [6.45, 7) is 9.88. The second-order valence-electron chi connectivity index (χ2n) is 9.98. The molecule has 1 aliphatic heterocycles. The molecule has 9 nitrogen and oxygen atoms in total. The number of hydrogen-bond acceptors (Lipinski definition) is 6. The Kier molecular flexibility index (Phi) is 6.50. The minimum absolute atomic E-state index is 0.0826. The van der Waals surface area contributed by atoms with Crippen LogP contribution >= 0.6 is 0 Å². The minimum atomic E-state index is -0.275. The molecule has 0 amide bonds. The van der Waals surface area contributed by atoms with E-state index in [1.807, 2.05) is 18.3 Å². The lowest BCUT2D eigenvalue weighted by atomic mass is 9.96. The van der Waals surface area contributed by atoms with Crippen LogP contribution < -0.4 is 10.5 Å². The summed E-state index contributed by atoms with van der Waals surface area (Å²) in [6.07, 6.45) is 5.43. The summed E-state index contributed by atoms with van der Waals surface area (Å²) in [5, 5.41) is 18.1. The van der Waals surface area contributed by atoms with Gasteiger partial charge in [-0.2, -0.15) is 15.5 Å². The van der Waals surface area contributed by atoms with Crippen LogP contribution in [-0.2, 0) is 13.6 Å². The molecule has 1 fully saturated rings. The van der Waals surface area contributed by atoms with E-state index in [-0.39, 0.29) is 36.0 Å². The van der Waals surface area contributed by atoms with Gasteiger partial charge in [0.2, 0.25) is 0 Å². The molecule has 0 bridgehead atoms. The van der Waals surface area contributed by atoms with Crippen molar-refractivity contribution in [3.63, 3.8) is 0 Å². The summed E-state index contributed by atoms with van der Waals surface area (Å²) in [5.41, 5.74) is 4.14. The standard InChI is InChI=1S/C27H33FN8O/c1-6-20-15-35(23-13-25(37)32(5)24-16-33(11-9-29)31-27(23)24)21(7-2)14-34(20)18(4)19-8-10-36-22(12-19)26(28)17(3)30-36/h8,10,12-13,16,18,20-21H,6-7,11,14-15H2,1-5H3/t18-,20+,21-/m0/s1. The van der Waals surface area contributed by atoms with E-state index in [1.54, 1.807) is 40.0 Å². The Hall–Kier alpha value is -3.71. The molecule has 4 aromatic heterocycles. The molecule has 0 aromatic carbocycles. The van der Waals surface area contributed by atoms with Crippen LogP contribution in [0.1, 0.15) is 50.9 Å². The Bertz CT molecular complexity index is 1560. The third-order valence-electron chi connectivity index (χ3n) is 7.90. The normalized spacial score (nSPS) is 19.5. The number of aryl methyl sites for hydroxylation is 2. The predicted molar refractivity (Wildman–Crippen MR) is 141 cm³/mol. The van der Waals surface area contributed by atoms with Crippen LogP contribution in [-0.4, -0.2) is 54.0 Å². The number of piperazine rings is 1. The van der Waals surface area contributed by atoms with Crippen LogP contribution in [0, 0.1) is 24.1 Å². The van der Waals surface area contributed by atoms with Gasteiger partial charge >= 0.3 is 0 Å². The fraction of sp³-hybridized carbons (Fsp3) is 0.481. The monoisotopic (exact) mass is 504 g/mol. The molecule has 5 rings (SSSR count). The maximum atomic E-state index is 14.6. The van der Waals surface area contributed by atoms with Gasteiger partial charge in [-0.1, -0.05) is 13.8 Å². The van der Waals surface area contributed by atoms with Crippen molar-refractivity contribution < 1.29 is 4.39 Å². The van der Waals surface area contributed by atoms with E-state index in [1.165, 1.54) is 0 Å². The summed E-state index contributed by atoms with van der Waals surface area (Å²) in [7, 11) is 1.74. The molecule has 0 radical (unpaired) electrons. The lowest BCUT2D eigenvalue weighted by Crippen LogP contribution is -2.58. The van der Waals surface area contributed by atoms with Gasteiger partial charge in [0.15, 0.2) is 5.82 Å². The summed E-state index contributed by atoms with van der Waals surface area (Å²) in [5.74, 6) is -0.275. The highest BCUT2D eigenvalue weighted by Gasteiger charge is 2.36. The first-order chi connectivity index (χ1) is 17.8. The average Bonchev–Trinajstić information content (AvgIpc) is 3.45. The van der Waals surface area contributed by atoms with Crippen LogP contribution in [0.25, 0.3) is 16.6 Å². The van der Waals surface area contributed by atoms with Crippen molar-refractivity contribution >= 4 is 22.2 Å². The fourth-order valence-electron chi connectivity index (χ4n) is 5.67. The second-order valence-corrected chi connectivity index (χ2v) is 9.98. The molecule has 5 heterocycles. The average molecular weight is 505 g/mol. The van der Waals surface area contributed by atoms with Crippen molar-refractivity contribution in [2.45, 2.75) is 65.2 Å². The van der Waals surface area contributed by atoms with Crippen LogP contribution in [0.4, 0.5) is 10.1 Å². The number of halogens is 1. The number of rotatable bonds is 6. The van der Waals surface area contributed by atoms with Gasteiger partial charge in [-0.3, -0.25) is 14.4 Å². The molecule has 1 aliphatic rings. The summed E-state index contributed by atoms with van der Waals surface area (Å²) >= 11 is 0. The number of pyridine rings is 2. The Morgan fingerprint density at radius 3 is 2.62 bits per heavy atom. The maximum Gasteiger partial charge on any atom is 0.252 e. The van der Waals surface area contributed by atoms with Crippen molar-refractivity contribution in [3.8, 4) is 6.07 Å². The van der Waals surface area contributed by atoms with Crippen LogP contribution in [0.3, 0.4) is 0 Å². The molecule has 37 heavy (non-hydrogen) atoms. The third-order valence-corrected chi connectivity index (χ3v) is 7.90. The smallest absolute Gasteiger partial charge is 0.252 e. The lowest BCUT2D eigenvalue weighted by molar-refractivity contribution is 0.101. The van der Waals surface area contributed by atoms with E-state index in [4.69, 9.17) is 5.26 Å². The minimum Gasteiger partial charge on any atom is -0.364 e. The maximum absolute atomic E-state index is 14.6. The largest absolute Gasteiger partial charge is 0.364 e. The first kappa shape index (κ1) is 25.0. The van der Waals surface area contributed by atoms with Gasteiger partial charge in [-0.15, -0.1) is 0 Å². The van der Waals surface area contributed by atoms with E-state index in [2.05, 4.69) is 46.8 Å². The number of hydrogen-bond donors (Lipinski definition) is 0. The van der Waals surface area contributed by atoms with Gasteiger partial charge in [0.1, 0.15) is 17.6 Å². The Labute approximate surface area is 215 Å². The molecular formula is C27H33FN8O. The Morgan fingerprint density at radius 1 is 1.16 bits per heavy atom. The van der Waals surface area contributed by atoms with E-state index in [0.717, 1.165) is 48.2 Å². The van der Waals surface area contributed by atoms with Gasteiger partial charge in [-0.05, 0) is 44.4 Å². The van der Waals surface area contributed by atoms with Crippen molar-refractivity contribution in [1.82, 2.24) is 28.9 Å². The first-order valence-corrected chi connectivity index (χ1v) is 12.9. The third kappa shape index (κ3) is 4.17. The zero-order chi connectivity index (χ0) is 26.4. The topological polar surface area (TPSA) is 87.4 Å². The molecule has 4 aromatic rings. The molecule has 0 saturated carbocycles. The Morgan fingerprint density at radius 2 is 1.92 bits per heavy atom. The number of nitriles is 1. The highest BCUT2D eigenvalue weighted by Crippen LogP contribution is 2.34. The molecule has 1 saturated heterocycles. The summed E-state index contributed by atoms with van der Waals surface area (Å²) in [4.78, 5) is 17.7.